The minimum atomic E-state index is -0.226. The predicted molar refractivity (Wildman–Crippen MR) is 77.9 cm³/mol. The van der Waals surface area contributed by atoms with Crippen LogP contribution in [0, 0.1) is 6.92 Å². The van der Waals surface area contributed by atoms with Crippen molar-refractivity contribution in [2.45, 2.75) is 20.4 Å². The Morgan fingerprint density at radius 1 is 1.33 bits per heavy atom. The number of hydrogen-bond acceptors (Lipinski definition) is 5. The minimum Gasteiger partial charge on any atom is -0.289 e. The highest BCUT2D eigenvalue weighted by molar-refractivity contribution is 6.07. The first kappa shape index (κ1) is 13.2. The fourth-order valence-corrected chi connectivity index (χ4v) is 2.25. The maximum atomic E-state index is 12.4. The third-order valence-electron chi connectivity index (χ3n) is 3.39. The standard InChI is InChI=1S/C14H14N6O/c1-3-20-14(17-18-19-20)16-13(21)12-5-4-10-8-15-7-6-11(10)9(12)2/h4-8H,3H2,1-2H3,(H,16,17,19,21). The summed E-state index contributed by atoms with van der Waals surface area (Å²) in [6.45, 7) is 4.41. The van der Waals surface area contributed by atoms with E-state index < -0.39 is 0 Å². The SMILES string of the molecule is CCn1nnnc1NC(=O)c1ccc2cnccc2c1C. The van der Waals surface area contributed by atoms with Crippen LogP contribution in [0.25, 0.3) is 10.8 Å². The van der Waals surface area contributed by atoms with Crippen LogP contribution in [-0.4, -0.2) is 31.1 Å². The highest BCUT2D eigenvalue weighted by Gasteiger charge is 2.14. The third-order valence-corrected chi connectivity index (χ3v) is 3.39. The summed E-state index contributed by atoms with van der Waals surface area (Å²) in [5.74, 6) is 0.118. The molecule has 0 saturated carbocycles. The molecule has 0 aliphatic rings. The van der Waals surface area contributed by atoms with Crippen molar-refractivity contribution in [1.29, 1.82) is 0 Å². The quantitative estimate of drug-likeness (QED) is 0.791. The van der Waals surface area contributed by atoms with Gasteiger partial charge < -0.3 is 0 Å². The number of benzene rings is 1. The number of nitrogens with zero attached hydrogens (tertiary/aromatic N) is 5. The van der Waals surface area contributed by atoms with Gasteiger partial charge in [0.15, 0.2) is 0 Å². The van der Waals surface area contributed by atoms with Gasteiger partial charge >= 0.3 is 0 Å². The molecule has 7 nitrogen and oxygen atoms in total. The average molecular weight is 282 g/mol. The fourth-order valence-electron chi connectivity index (χ4n) is 2.25. The summed E-state index contributed by atoms with van der Waals surface area (Å²) < 4.78 is 1.53. The Kier molecular flexibility index (Phi) is 3.31. The predicted octanol–water partition coefficient (Wildman–Crippen LogP) is 1.80. The van der Waals surface area contributed by atoms with Gasteiger partial charge in [-0.05, 0) is 47.4 Å². The number of aromatic nitrogens is 5. The molecule has 2 aromatic heterocycles. The molecule has 1 aromatic carbocycles. The molecule has 1 N–H and O–H groups in total. The van der Waals surface area contributed by atoms with Crippen molar-refractivity contribution in [2.75, 3.05) is 5.32 Å². The first-order chi connectivity index (χ1) is 10.2. The second-order valence-corrected chi connectivity index (χ2v) is 4.61. The van der Waals surface area contributed by atoms with Gasteiger partial charge in [0, 0.05) is 29.9 Å². The Bertz CT molecular complexity index is 810. The van der Waals surface area contributed by atoms with Crippen molar-refractivity contribution >= 4 is 22.6 Å². The average Bonchev–Trinajstić information content (AvgIpc) is 2.95. The molecule has 7 heteroatoms. The number of rotatable bonds is 3. The minimum absolute atomic E-state index is 0.226. The van der Waals surface area contributed by atoms with Gasteiger partial charge in [-0.1, -0.05) is 11.2 Å². The van der Waals surface area contributed by atoms with Crippen molar-refractivity contribution in [2.24, 2.45) is 0 Å². The van der Waals surface area contributed by atoms with E-state index in [1.807, 2.05) is 26.0 Å². The van der Waals surface area contributed by atoms with Gasteiger partial charge in [0.1, 0.15) is 0 Å². The van der Waals surface area contributed by atoms with E-state index in [4.69, 9.17) is 0 Å². The number of hydrogen-bond donors (Lipinski definition) is 1. The Morgan fingerprint density at radius 3 is 3.00 bits per heavy atom. The highest BCUT2D eigenvalue weighted by Crippen LogP contribution is 2.21. The summed E-state index contributed by atoms with van der Waals surface area (Å²) in [6.07, 6.45) is 3.50. The van der Waals surface area contributed by atoms with Crippen LogP contribution in [0.5, 0.6) is 0 Å². The molecule has 0 spiro atoms. The van der Waals surface area contributed by atoms with Gasteiger partial charge in [0.2, 0.25) is 5.95 Å². The lowest BCUT2D eigenvalue weighted by atomic mass is 10.0. The molecule has 0 aliphatic heterocycles. The molecule has 3 rings (SSSR count). The van der Waals surface area contributed by atoms with Gasteiger partial charge in [0.05, 0.1) is 0 Å². The number of pyridine rings is 1. The van der Waals surface area contributed by atoms with Crippen LogP contribution in [0.2, 0.25) is 0 Å². The van der Waals surface area contributed by atoms with Crippen LogP contribution in [0.1, 0.15) is 22.8 Å². The van der Waals surface area contributed by atoms with Crippen LogP contribution >= 0.6 is 0 Å². The number of carbonyl (C=O) groups is 1. The molecule has 0 radical (unpaired) electrons. The Hall–Kier alpha value is -2.83. The van der Waals surface area contributed by atoms with E-state index in [1.165, 1.54) is 4.68 Å². The van der Waals surface area contributed by atoms with E-state index in [9.17, 15) is 4.79 Å². The number of amides is 1. The molecular formula is C14H14N6O. The first-order valence-corrected chi connectivity index (χ1v) is 6.61. The van der Waals surface area contributed by atoms with E-state index in [-0.39, 0.29) is 5.91 Å². The van der Waals surface area contributed by atoms with Crippen LogP contribution in [0.15, 0.2) is 30.6 Å². The van der Waals surface area contributed by atoms with Gasteiger partial charge in [0.25, 0.3) is 5.91 Å². The summed E-state index contributed by atoms with van der Waals surface area (Å²) >= 11 is 0. The second kappa shape index (κ2) is 5.28. The Morgan fingerprint density at radius 2 is 2.19 bits per heavy atom. The largest absolute Gasteiger partial charge is 0.289 e. The lowest BCUT2D eigenvalue weighted by molar-refractivity contribution is 0.102. The number of nitrogens with one attached hydrogen (secondary N) is 1. The van der Waals surface area contributed by atoms with Crippen LogP contribution < -0.4 is 5.32 Å². The summed E-state index contributed by atoms with van der Waals surface area (Å²) in [4.78, 5) is 16.5. The molecule has 3 aromatic rings. The molecule has 2 heterocycles. The molecule has 0 aliphatic carbocycles. The van der Waals surface area contributed by atoms with Crippen molar-refractivity contribution in [3.63, 3.8) is 0 Å². The molecule has 0 saturated heterocycles. The van der Waals surface area contributed by atoms with E-state index in [1.54, 1.807) is 18.5 Å². The number of tetrazole rings is 1. The number of fused-ring (bicyclic) bond motifs is 1. The summed E-state index contributed by atoms with van der Waals surface area (Å²) in [5, 5.41) is 15.9. The number of aryl methyl sites for hydroxylation is 2. The van der Waals surface area contributed by atoms with Crippen LogP contribution in [-0.2, 0) is 6.54 Å². The topological polar surface area (TPSA) is 85.6 Å². The third kappa shape index (κ3) is 2.33. The zero-order chi connectivity index (χ0) is 14.8. The monoisotopic (exact) mass is 282 g/mol. The summed E-state index contributed by atoms with van der Waals surface area (Å²) in [5.41, 5.74) is 1.50. The second-order valence-electron chi connectivity index (χ2n) is 4.61. The lowest BCUT2D eigenvalue weighted by Gasteiger charge is -2.09. The number of carbonyl (C=O) groups excluding carboxylic acids is 1. The van der Waals surface area contributed by atoms with E-state index >= 15 is 0 Å². The van der Waals surface area contributed by atoms with Gasteiger partial charge in [-0.3, -0.25) is 15.1 Å². The Balaban J connectivity index is 1.97. The van der Waals surface area contributed by atoms with E-state index in [2.05, 4.69) is 25.8 Å². The maximum Gasteiger partial charge on any atom is 0.258 e. The van der Waals surface area contributed by atoms with Gasteiger partial charge in [-0.25, -0.2) is 4.68 Å². The molecule has 21 heavy (non-hydrogen) atoms. The van der Waals surface area contributed by atoms with Crippen molar-refractivity contribution in [3.8, 4) is 0 Å². The molecule has 0 atom stereocenters. The molecule has 106 valence electrons. The molecule has 1 amide bonds. The smallest absolute Gasteiger partial charge is 0.258 e. The molecule has 0 unspecified atom stereocenters. The van der Waals surface area contributed by atoms with Crippen LogP contribution in [0.3, 0.4) is 0 Å². The highest BCUT2D eigenvalue weighted by atomic mass is 16.1. The molecule has 0 bridgehead atoms. The van der Waals surface area contributed by atoms with Crippen molar-refractivity contribution < 1.29 is 4.79 Å². The maximum absolute atomic E-state index is 12.4. The number of anilines is 1. The zero-order valence-electron chi connectivity index (χ0n) is 11.7. The van der Waals surface area contributed by atoms with E-state index in [0.717, 1.165) is 16.3 Å². The van der Waals surface area contributed by atoms with Crippen LogP contribution in [0.4, 0.5) is 5.95 Å². The molecular weight excluding hydrogens is 268 g/mol. The van der Waals surface area contributed by atoms with Crippen molar-refractivity contribution in [3.05, 3.63) is 41.7 Å². The van der Waals surface area contributed by atoms with Gasteiger partial charge in [-0.2, -0.15) is 0 Å². The summed E-state index contributed by atoms with van der Waals surface area (Å²) in [6, 6.07) is 5.57. The summed E-state index contributed by atoms with van der Waals surface area (Å²) in [7, 11) is 0. The van der Waals surface area contributed by atoms with Crippen molar-refractivity contribution in [1.82, 2.24) is 25.2 Å². The van der Waals surface area contributed by atoms with E-state index in [0.29, 0.717) is 18.1 Å². The fraction of sp³-hybridized carbons (Fsp3) is 0.214. The lowest BCUT2D eigenvalue weighted by Crippen LogP contribution is -2.17. The normalized spacial score (nSPS) is 10.8. The Labute approximate surface area is 121 Å². The van der Waals surface area contributed by atoms with Gasteiger partial charge in [-0.15, -0.1) is 0 Å². The first-order valence-electron chi connectivity index (χ1n) is 6.61. The molecule has 0 fully saturated rings. The zero-order valence-corrected chi connectivity index (χ0v) is 11.7.